The molecule has 2 rings (SSSR count). The molecule has 2 aromatic carbocycles. The Kier molecular flexibility index (Phi) is 5.08. The number of aliphatic hydroxyl groups excluding tert-OH is 1. The molecule has 0 saturated heterocycles. The van der Waals surface area contributed by atoms with Crippen molar-refractivity contribution in [2.75, 3.05) is 6.61 Å². The van der Waals surface area contributed by atoms with Gasteiger partial charge in [-0.1, -0.05) is 45.2 Å². The quantitative estimate of drug-likeness (QED) is 0.846. The maximum Gasteiger partial charge on any atom is 0.125 e. The Morgan fingerprint density at radius 1 is 1.20 bits per heavy atom. The molecule has 0 radical (unpaired) electrons. The lowest BCUT2D eigenvalue weighted by Gasteiger charge is -2.18. The van der Waals surface area contributed by atoms with Gasteiger partial charge >= 0.3 is 0 Å². The normalized spacial score (nSPS) is 12.2. The predicted octanol–water partition coefficient (Wildman–Crippen LogP) is 4.89. The van der Waals surface area contributed by atoms with Crippen molar-refractivity contribution >= 4 is 27.5 Å². The van der Waals surface area contributed by atoms with Gasteiger partial charge in [-0.2, -0.15) is 0 Å². The van der Waals surface area contributed by atoms with Crippen molar-refractivity contribution in [3.05, 3.63) is 62.6 Å². The lowest BCUT2D eigenvalue weighted by Crippen LogP contribution is -2.05. The number of aliphatic hydroxyl groups is 1. The zero-order chi connectivity index (χ0) is 14.7. The van der Waals surface area contributed by atoms with Gasteiger partial charge in [0.25, 0.3) is 0 Å². The highest BCUT2D eigenvalue weighted by Crippen LogP contribution is 2.35. The first-order valence-corrected chi connectivity index (χ1v) is 7.56. The van der Waals surface area contributed by atoms with Crippen LogP contribution in [0, 0.1) is 6.92 Å². The van der Waals surface area contributed by atoms with Gasteiger partial charge in [0, 0.05) is 20.6 Å². The van der Waals surface area contributed by atoms with Gasteiger partial charge < -0.3 is 9.84 Å². The fourth-order valence-electron chi connectivity index (χ4n) is 2.06. The summed E-state index contributed by atoms with van der Waals surface area (Å²) >= 11 is 9.57. The van der Waals surface area contributed by atoms with Crippen LogP contribution in [0.1, 0.15) is 29.7 Å². The van der Waals surface area contributed by atoms with Crippen molar-refractivity contribution in [3.63, 3.8) is 0 Å². The molecule has 0 spiro atoms. The van der Waals surface area contributed by atoms with E-state index in [1.165, 1.54) is 0 Å². The Bertz CT molecular complexity index is 613. The minimum atomic E-state index is -0.808. The predicted molar refractivity (Wildman–Crippen MR) is 85.6 cm³/mol. The fourth-order valence-corrected chi connectivity index (χ4v) is 2.84. The number of ether oxygens (including phenoxy) is 1. The molecule has 2 aromatic rings. The zero-order valence-electron chi connectivity index (χ0n) is 11.4. The monoisotopic (exact) mass is 354 g/mol. The standard InChI is InChI=1S/C16H16BrClO2/c1-3-20-15-7-4-10(2)8-13(15)16(19)12-6-5-11(17)9-14(12)18/h4-9,16,19H,3H2,1-2H3. The summed E-state index contributed by atoms with van der Waals surface area (Å²) in [7, 11) is 0. The molecule has 0 aliphatic rings. The molecule has 106 valence electrons. The van der Waals surface area contributed by atoms with Crippen molar-refractivity contribution in [2.24, 2.45) is 0 Å². The highest BCUT2D eigenvalue weighted by atomic mass is 79.9. The van der Waals surface area contributed by atoms with E-state index in [4.69, 9.17) is 16.3 Å². The molecule has 0 aliphatic carbocycles. The van der Waals surface area contributed by atoms with Gasteiger partial charge in [0.05, 0.1) is 6.61 Å². The van der Waals surface area contributed by atoms with Crippen LogP contribution in [-0.4, -0.2) is 11.7 Å². The summed E-state index contributed by atoms with van der Waals surface area (Å²) in [6.45, 7) is 4.45. The average Bonchev–Trinajstić information content (AvgIpc) is 2.40. The summed E-state index contributed by atoms with van der Waals surface area (Å²) in [5.74, 6) is 0.685. The van der Waals surface area contributed by atoms with Crippen LogP contribution in [0.4, 0.5) is 0 Å². The van der Waals surface area contributed by atoms with E-state index in [0.29, 0.717) is 22.9 Å². The molecule has 0 amide bonds. The molecule has 1 N–H and O–H groups in total. The Labute approximate surface area is 132 Å². The van der Waals surface area contributed by atoms with Crippen LogP contribution in [0.15, 0.2) is 40.9 Å². The second-order valence-corrected chi connectivity index (χ2v) is 5.87. The molecular formula is C16H16BrClO2. The second-order valence-electron chi connectivity index (χ2n) is 4.54. The zero-order valence-corrected chi connectivity index (χ0v) is 13.7. The second kappa shape index (κ2) is 6.61. The van der Waals surface area contributed by atoms with Gasteiger partial charge in [-0.3, -0.25) is 0 Å². The Morgan fingerprint density at radius 2 is 1.95 bits per heavy atom. The molecule has 0 bridgehead atoms. The number of hydrogen-bond donors (Lipinski definition) is 1. The maximum atomic E-state index is 10.6. The molecule has 0 aromatic heterocycles. The van der Waals surface area contributed by atoms with Crippen LogP contribution >= 0.6 is 27.5 Å². The van der Waals surface area contributed by atoms with Crippen LogP contribution in [0.25, 0.3) is 0 Å². The summed E-state index contributed by atoms with van der Waals surface area (Å²) in [5.41, 5.74) is 2.47. The minimum absolute atomic E-state index is 0.524. The lowest BCUT2D eigenvalue weighted by atomic mass is 9.99. The molecule has 1 atom stereocenters. The molecule has 0 heterocycles. The first-order chi connectivity index (χ1) is 9.52. The van der Waals surface area contributed by atoms with Gasteiger partial charge in [0.1, 0.15) is 11.9 Å². The van der Waals surface area contributed by atoms with Crippen LogP contribution in [0.5, 0.6) is 5.75 Å². The van der Waals surface area contributed by atoms with Crippen LogP contribution in [-0.2, 0) is 0 Å². The largest absolute Gasteiger partial charge is 0.493 e. The van der Waals surface area contributed by atoms with Crippen molar-refractivity contribution in [1.29, 1.82) is 0 Å². The Balaban J connectivity index is 2.46. The van der Waals surface area contributed by atoms with Gasteiger partial charge in [0.2, 0.25) is 0 Å². The van der Waals surface area contributed by atoms with E-state index >= 15 is 0 Å². The summed E-state index contributed by atoms with van der Waals surface area (Å²) in [6.07, 6.45) is -0.808. The molecular weight excluding hydrogens is 340 g/mol. The summed E-state index contributed by atoms with van der Waals surface area (Å²) < 4.78 is 6.47. The molecule has 4 heteroatoms. The van der Waals surface area contributed by atoms with Crippen molar-refractivity contribution in [3.8, 4) is 5.75 Å². The number of hydrogen-bond acceptors (Lipinski definition) is 2. The summed E-state index contributed by atoms with van der Waals surface area (Å²) in [4.78, 5) is 0. The third kappa shape index (κ3) is 3.35. The molecule has 2 nitrogen and oxygen atoms in total. The highest BCUT2D eigenvalue weighted by molar-refractivity contribution is 9.10. The first-order valence-electron chi connectivity index (χ1n) is 6.39. The minimum Gasteiger partial charge on any atom is -0.493 e. The van der Waals surface area contributed by atoms with Crippen molar-refractivity contribution in [1.82, 2.24) is 0 Å². The van der Waals surface area contributed by atoms with Crippen LogP contribution in [0.3, 0.4) is 0 Å². The van der Waals surface area contributed by atoms with Crippen LogP contribution < -0.4 is 4.74 Å². The summed E-state index contributed by atoms with van der Waals surface area (Å²) in [5, 5.41) is 11.1. The molecule has 0 fully saturated rings. The topological polar surface area (TPSA) is 29.5 Å². The first kappa shape index (κ1) is 15.4. The molecule has 1 unspecified atom stereocenters. The third-order valence-electron chi connectivity index (χ3n) is 3.02. The van der Waals surface area contributed by atoms with E-state index in [1.807, 2.05) is 44.2 Å². The van der Waals surface area contributed by atoms with Gasteiger partial charge in [0.15, 0.2) is 0 Å². The SMILES string of the molecule is CCOc1ccc(C)cc1C(O)c1ccc(Br)cc1Cl. The fraction of sp³-hybridized carbons (Fsp3) is 0.250. The number of benzene rings is 2. The van der Waals surface area contributed by atoms with Gasteiger partial charge in [-0.25, -0.2) is 0 Å². The van der Waals surface area contributed by atoms with E-state index in [-0.39, 0.29) is 0 Å². The third-order valence-corrected chi connectivity index (χ3v) is 3.84. The number of rotatable bonds is 4. The smallest absolute Gasteiger partial charge is 0.125 e. The van der Waals surface area contributed by atoms with E-state index in [1.54, 1.807) is 6.07 Å². The van der Waals surface area contributed by atoms with E-state index in [9.17, 15) is 5.11 Å². The average molecular weight is 356 g/mol. The maximum absolute atomic E-state index is 10.6. The Hall–Kier alpha value is -1.03. The Morgan fingerprint density at radius 3 is 2.60 bits per heavy atom. The van der Waals surface area contributed by atoms with Gasteiger partial charge in [-0.15, -0.1) is 0 Å². The highest BCUT2D eigenvalue weighted by Gasteiger charge is 2.18. The molecule has 0 aliphatic heterocycles. The van der Waals surface area contributed by atoms with E-state index in [2.05, 4.69) is 15.9 Å². The number of halogens is 2. The van der Waals surface area contributed by atoms with E-state index < -0.39 is 6.10 Å². The van der Waals surface area contributed by atoms with Crippen LogP contribution in [0.2, 0.25) is 5.02 Å². The lowest BCUT2D eigenvalue weighted by molar-refractivity contribution is 0.212. The molecule has 0 saturated carbocycles. The summed E-state index contributed by atoms with van der Waals surface area (Å²) in [6, 6.07) is 11.2. The number of aryl methyl sites for hydroxylation is 1. The van der Waals surface area contributed by atoms with E-state index in [0.717, 1.165) is 15.6 Å². The van der Waals surface area contributed by atoms with Crippen molar-refractivity contribution < 1.29 is 9.84 Å². The molecule has 20 heavy (non-hydrogen) atoms. The van der Waals surface area contributed by atoms with Crippen molar-refractivity contribution in [2.45, 2.75) is 20.0 Å². The van der Waals surface area contributed by atoms with Gasteiger partial charge in [-0.05, 0) is 38.1 Å².